The van der Waals surface area contributed by atoms with Gasteiger partial charge in [0.15, 0.2) is 6.10 Å². The van der Waals surface area contributed by atoms with Gasteiger partial charge in [-0.25, -0.2) is 22.0 Å². The summed E-state index contributed by atoms with van der Waals surface area (Å²) in [7, 11) is -3.69. The molecule has 1 N–H and O–H groups in total. The number of carbonyl (C=O) groups excluding carboxylic acids is 1. The van der Waals surface area contributed by atoms with E-state index in [1.165, 1.54) is 11.1 Å². The Morgan fingerprint density at radius 2 is 1.87 bits per heavy atom. The molecular formula is C23H27F5N4O5S. The Morgan fingerprint density at radius 3 is 2.45 bits per heavy atom. The van der Waals surface area contributed by atoms with Gasteiger partial charge in [0.2, 0.25) is 0 Å². The lowest BCUT2D eigenvalue weighted by Crippen LogP contribution is -2.59. The summed E-state index contributed by atoms with van der Waals surface area (Å²) in [6.45, 7) is 4.59. The van der Waals surface area contributed by atoms with Crippen LogP contribution in [0, 0.1) is 11.6 Å². The molecule has 9 nitrogen and oxygen atoms in total. The normalized spacial score (nSPS) is 24.8. The summed E-state index contributed by atoms with van der Waals surface area (Å²) in [5.41, 5.74) is -0.708. The second-order valence-corrected chi connectivity index (χ2v) is 12.2. The average Bonchev–Trinajstić information content (AvgIpc) is 3.32. The van der Waals surface area contributed by atoms with Crippen molar-refractivity contribution in [1.29, 1.82) is 0 Å². The summed E-state index contributed by atoms with van der Waals surface area (Å²) in [5, 5.41) is 6.44. The molecule has 2 aliphatic rings. The van der Waals surface area contributed by atoms with E-state index in [0.29, 0.717) is 5.56 Å². The highest BCUT2D eigenvalue weighted by molar-refractivity contribution is 7.89. The summed E-state index contributed by atoms with van der Waals surface area (Å²) < 4.78 is 106. The fraction of sp³-hybridized carbons (Fsp3) is 0.565. The lowest BCUT2D eigenvalue weighted by molar-refractivity contribution is -0.270. The van der Waals surface area contributed by atoms with Gasteiger partial charge >= 0.3 is 12.3 Å². The first kappa shape index (κ1) is 28.2. The zero-order chi connectivity index (χ0) is 28.2. The number of hydrogen-bond acceptors (Lipinski definition) is 7. The number of aromatic nitrogens is 2. The zero-order valence-electron chi connectivity index (χ0n) is 20.9. The third-order valence-corrected chi connectivity index (χ3v) is 7.05. The molecule has 3 heterocycles. The Bertz CT molecular complexity index is 1300. The van der Waals surface area contributed by atoms with Crippen LogP contribution in [0.1, 0.15) is 50.1 Å². The molecule has 2 aromatic rings. The molecule has 0 radical (unpaired) electrons. The molecule has 4 atom stereocenters. The minimum atomic E-state index is -4.91. The fourth-order valence-electron chi connectivity index (χ4n) is 4.66. The van der Waals surface area contributed by atoms with Crippen LogP contribution < -0.4 is 5.32 Å². The largest absolute Gasteiger partial charge is 0.444 e. The molecule has 210 valence electrons. The molecular weight excluding hydrogens is 539 g/mol. The van der Waals surface area contributed by atoms with Crippen molar-refractivity contribution in [3.8, 4) is 0 Å². The van der Waals surface area contributed by atoms with Crippen molar-refractivity contribution in [2.24, 2.45) is 0 Å². The summed E-state index contributed by atoms with van der Waals surface area (Å²) >= 11 is 0. The van der Waals surface area contributed by atoms with E-state index in [2.05, 4.69) is 10.4 Å². The number of ether oxygens (including phenoxy) is 2. The number of nitrogens with one attached hydrogen (secondary N) is 1. The smallest absolute Gasteiger partial charge is 0.416 e. The third-order valence-electron chi connectivity index (χ3n) is 6.18. The molecule has 1 aromatic heterocycles. The number of hydrogen-bond donors (Lipinski definition) is 1. The molecule has 1 fully saturated rings. The number of alkyl halides is 3. The van der Waals surface area contributed by atoms with Crippen LogP contribution in [0.25, 0.3) is 0 Å². The molecule has 1 aromatic carbocycles. The van der Waals surface area contributed by atoms with Crippen LogP contribution in [-0.2, 0) is 32.6 Å². The number of carbonyl (C=O) groups is 1. The van der Waals surface area contributed by atoms with E-state index in [-0.39, 0.29) is 25.2 Å². The zero-order valence-corrected chi connectivity index (χ0v) is 21.7. The van der Waals surface area contributed by atoms with Crippen molar-refractivity contribution in [3.05, 3.63) is 52.9 Å². The van der Waals surface area contributed by atoms with Gasteiger partial charge in [-0.15, -0.1) is 0 Å². The minimum Gasteiger partial charge on any atom is -0.444 e. The molecule has 15 heteroatoms. The van der Waals surface area contributed by atoms with Crippen molar-refractivity contribution >= 4 is 16.1 Å². The van der Waals surface area contributed by atoms with Gasteiger partial charge in [-0.3, -0.25) is 4.90 Å². The number of benzene rings is 1. The molecule has 4 rings (SSSR count). The average molecular weight is 567 g/mol. The first-order chi connectivity index (χ1) is 17.4. The summed E-state index contributed by atoms with van der Waals surface area (Å²) in [5.74, 6) is -1.89. The molecule has 0 spiro atoms. The number of amides is 1. The second kappa shape index (κ2) is 9.75. The van der Waals surface area contributed by atoms with Gasteiger partial charge in [0.05, 0.1) is 18.0 Å². The molecule has 2 aliphatic heterocycles. The Hall–Kier alpha value is -2.78. The number of halogens is 5. The molecule has 0 bridgehead atoms. The van der Waals surface area contributed by atoms with Crippen LogP contribution in [-0.4, -0.2) is 64.8 Å². The van der Waals surface area contributed by atoms with Crippen LogP contribution in [0.4, 0.5) is 26.7 Å². The maximum Gasteiger partial charge on any atom is 0.416 e. The number of nitrogens with zero attached hydrogens (tertiary/aromatic N) is 3. The maximum absolute atomic E-state index is 14.7. The van der Waals surface area contributed by atoms with E-state index < -0.39 is 69.4 Å². The lowest BCUT2D eigenvalue weighted by atomic mass is 9.88. The molecule has 1 amide bonds. The number of fused-ring (bicyclic) bond motifs is 1. The van der Waals surface area contributed by atoms with Crippen LogP contribution in [0.5, 0.6) is 0 Å². The van der Waals surface area contributed by atoms with Crippen LogP contribution >= 0.6 is 0 Å². The molecule has 0 unspecified atom stereocenters. The molecule has 1 saturated heterocycles. The predicted molar refractivity (Wildman–Crippen MR) is 123 cm³/mol. The van der Waals surface area contributed by atoms with Crippen molar-refractivity contribution < 1.29 is 44.6 Å². The summed E-state index contributed by atoms with van der Waals surface area (Å²) in [6, 6.07) is -0.277. The van der Waals surface area contributed by atoms with Crippen LogP contribution in [0.15, 0.2) is 24.4 Å². The highest BCUT2D eigenvalue weighted by Crippen LogP contribution is 2.43. The summed E-state index contributed by atoms with van der Waals surface area (Å²) in [6.07, 6.45) is -8.17. The SMILES string of the molecule is CC(C)(C)OC(=O)N[C@H]1C[C@H](N2Cc3cn(S(C)(=O)=O)nc3C2)[C@@H](C(F)(F)F)O[C@@H]1c1cc(F)ccc1F. The van der Waals surface area contributed by atoms with Gasteiger partial charge in [-0.2, -0.15) is 22.4 Å². The van der Waals surface area contributed by atoms with Crippen molar-refractivity contribution in [2.75, 3.05) is 6.26 Å². The van der Waals surface area contributed by atoms with Gasteiger partial charge in [0, 0.05) is 36.5 Å². The first-order valence-corrected chi connectivity index (χ1v) is 13.5. The van der Waals surface area contributed by atoms with Crippen LogP contribution in [0.2, 0.25) is 0 Å². The third kappa shape index (κ3) is 6.10. The Labute approximate surface area is 215 Å². The Kier molecular flexibility index (Phi) is 7.25. The first-order valence-electron chi connectivity index (χ1n) is 11.6. The van der Waals surface area contributed by atoms with Gasteiger partial charge in [-0.05, 0) is 45.4 Å². The second-order valence-electron chi connectivity index (χ2n) is 10.4. The number of rotatable bonds is 4. The van der Waals surface area contributed by atoms with E-state index in [9.17, 15) is 35.2 Å². The quantitative estimate of drug-likeness (QED) is 0.564. The van der Waals surface area contributed by atoms with Gasteiger partial charge in [-0.1, -0.05) is 0 Å². The standard InChI is InChI=1S/C23H27F5N4O5S/c1-22(2,3)37-21(33)29-16-8-18(31-9-12-10-32(38(4,34)35)30-17(12)11-31)20(23(26,27)28)36-19(16)14-7-13(24)5-6-15(14)25/h5-7,10,16,18-20H,8-9,11H2,1-4H3,(H,29,33)/t16-,18-,19+,20-/m0/s1. The fourth-order valence-corrected chi connectivity index (χ4v) is 5.23. The van der Waals surface area contributed by atoms with E-state index in [1.54, 1.807) is 20.8 Å². The monoisotopic (exact) mass is 566 g/mol. The Morgan fingerprint density at radius 1 is 1.18 bits per heavy atom. The minimum absolute atomic E-state index is 0.0659. The van der Waals surface area contributed by atoms with Gasteiger partial charge in [0.1, 0.15) is 23.3 Å². The molecule has 0 saturated carbocycles. The van der Waals surface area contributed by atoms with Crippen LogP contribution in [0.3, 0.4) is 0 Å². The van der Waals surface area contributed by atoms with Crippen molar-refractivity contribution in [1.82, 2.24) is 19.4 Å². The van der Waals surface area contributed by atoms with Gasteiger partial charge in [0.25, 0.3) is 10.0 Å². The Balaban J connectivity index is 1.68. The van der Waals surface area contributed by atoms with E-state index in [1.807, 2.05) is 0 Å². The highest BCUT2D eigenvalue weighted by atomic mass is 32.2. The van der Waals surface area contributed by atoms with Crippen molar-refractivity contribution in [3.63, 3.8) is 0 Å². The highest BCUT2D eigenvalue weighted by Gasteiger charge is 2.55. The summed E-state index contributed by atoms with van der Waals surface area (Å²) in [4.78, 5) is 14.0. The van der Waals surface area contributed by atoms with E-state index in [0.717, 1.165) is 28.5 Å². The topological polar surface area (TPSA) is 103 Å². The van der Waals surface area contributed by atoms with Crippen molar-refractivity contribution in [2.45, 2.75) is 76.4 Å². The van der Waals surface area contributed by atoms with E-state index in [4.69, 9.17) is 9.47 Å². The lowest BCUT2D eigenvalue weighted by Gasteiger charge is -2.45. The molecule has 0 aliphatic carbocycles. The van der Waals surface area contributed by atoms with E-state index >= 15 is 0 Å². The van der Waals surface area contributed by atoms with Gasteiger partial charge < -0.3 is 14.8 Å². The molecule has 38 heavy (non-hydrogen) atoms. The maximum atomic E-state index is 14.7. The number of alkyl carbamates (subject to hydrolysis) is 1. The predicted octanol–water partition coefficient (Wildman–Crippen LogP) is 3.64.